The molecule has 3 heteroatoms. The molecule has 0 spiro atoms. The third-order valence-corrected chi connectivity index (χ3v) is 3.49. The predicted octanol–water partition coefficient (Wildman–Crippen LogP) is 2.99. The highest BCUT2D eigenvalue weighted by Crippen LogP contribution is 2.23. The molecule has 104 valence electrons. The Morgan fingerprint density at radius 2 is 1.65 bits per heavy atom. The molecule has 0 aliphatic carbocycles. The Kier molecular flexibility index (Phi) is 4.08. The van der Waals surface area contributed by atoms with Crippen LogP contribution in [0.25, 0.3) is 0 Å². The van der Waals surface area contributed by atoms with Crippen LogP contribution in [-0.2, 0) is 16.8 Å². The number of phenols is 1. The maximum Gasteiger partial charge on any atom is 0.230 e. The molecule has 0 atom stereocenters. The Labute approximate surface area is 119 Å². The number of carbonyl (C=O) groups is 1. The van der Waals surface area contributed by atoms with Gasteiger partial charge < -0.3 is 10.4 Å². The number of nitrogens with one attached hydrogen (secondary N) is 1. The average Bonchev–Trinajstić information content (AvgIpc) is 2.47. The van der Waals surface area contributed by atoms with Crippen LogP contribution >= 0.6 is 0 Å². The van der Waals surface area contributed by atoms with Crippen LogP contribution in [-0.4, -0.2) is 11.0 Å². The van der Waals surface area contributed by atoms with Crippen LogP contribution < -0.4 is 5.32 Å². The van der Waals surface area contributed by atoms with Gasteiger partial charge in [0.1, 0.15) is 5.75 Å². The van der Waals surface area contributed by atoms with E-state index in [1.807, 2.05) is 50.2 Å². The molecule has 0 bridgehead atoms. The van der Waals surface area contributed by atoms with Gasteiger partial charge in [0.05, 0.1) is 5.41 Å². The fraction of sp³-hybridized carbons (Fsp3) is 0.235. The van der Waals surface area contributed by atoms with Gasteiger partial charge in [-0.1, -0.05) is 48.5 Å². The lowest BCUT2D eigenvalue weighted by molar-refractivity contribution is -0.125. The summed E-state index contributed by atoms with van der Waals surface area (Å²) in [6.45, 7) is 4.10. The van der Waals surface area contributed by atoms with Crippen LogP contribution in [0, 0.1) is 0 Å². The second-order valence-electron chi connectivity index (χ2n) is 5.30. The third kappa shape index (κ3) is 2.99. The molecule has 20 heavy (non-hydrogen) atoms. The summed E-state index contributed by atoms with van der Waals surface area (Å²) in [5, 5.41) is 12.6. The van der Waals surface area contributed by atoms with Crippen molar-refractivity contribution in [3.63, 3.8) is 0 Å². The smallest absolute Gasteiger partial charge is 0.230 e. The molecule has 0 aliphatic heterocycles. The summed E-state index contributed by atoms with van der Waals surface area (Å²) in [6.07, 6.45) is 0. The zero-order chi connectivity index (χ0) is 14.6. The largest absolute Gasteiger partial charge is 0.508 e. The highest BCUT2D eigenvalue weighted by Gasteiger charge is 2.29. The number of phenolic OH excluding ortho intramolecular Hbond substituents is 1. The van der Waals surface area contributed by atoms with Gasteiger partial charge in [0, 0.05) is 12.1 Å². The van der Waals surface area contributed by atoms with Gasteiger partial charge in [-0.2, -0.15) is 0 Å². The molecule has 0 fully saturated rings. The summed E-state index contributed by atoms with van der Waals surface area (Å²) in [6, 6.07) is 16.7. The monoisotopic (exact) mass is 269 g/mol. The molecule has 0 aliphatic rings. The van der Waals surface area contributed by atoms with Gasteiger partial charge in [-0.3, -0.25) is 4.79 Å². The number of amides is 1. The van der Waals surface area contributed by atoms with Crippen molar-refractivity contribution in [2.75, 3.05) is 0 Å². The van der Waals surface area contributed by atoms with Crippen LogP contribution in [0.4, 0.5) is 0 Å². The van der Waals surface area contributed by atoms with Crippen molar-refractivity contribution < 1.29 is 9.90 Å². The minimum atomic E-state index is -0.605. The lowest BCUT2D eigenvalue weighted by atomic mass is 9.84. The molecule has 2 rings (SSSR count). The van der Waals surface area contributed by atoms with E-state index in [2.05, 4.69) is 5.32 Å². The number of aromatic hydroxyl groups is 1. The SMILES string of the molecule is CC(C)(C(=O)NCc1ccccc1O)c1ccccc1. The number of para-hydroxylation sites is 1. The first-order valence-electron chi connectivity index (χ1n) is 6.62. The Morgan fingerprint density at radius 3 is 2.30 bits per heavy atom. The van der Waals surface area contributed by atoms with E-state index in [9.17, 15) is 9.90 Å². The minimum absolute atomic E-state index is 0.0630. The summed E-state index contributed by atoms with van der Waals surface area (Å²) in [5.41, 5.74) is 1.07. The summed E-state index contributed by atoms with van der Waals surface area (Å²) < 4.78 is 0. The molecule has 2 aromatic carbocycles. The number of hydrogen-bond donors (Lipinski definition) is 2. The normalized spacial score (nSPS) is 11.1. The quantitative estimate of drug-likeness (QED) is 0.896. The standard InChI is InChI=1S/C17H19NO2/c1-17(2,14-9-4-3-5-10-14)16(20)18-12-13-8-6-7-11-15(13)19/h3-11,19H,12H2,1-2H3,(H,18,20). The zero-order valence-corrected chi connectivity index (χ0v) is 11.8. The van der Waals surface area contributed by atoms with Crippen molar-refractivity contribution in [1.29, 1.82) is 0 Å². The first-order chi connectivity index (χ1) is 9.51. The van der Waals surface area contributed by atoms with E-state index in [-0.39, 0.29) is 11.7 Å². The second kappa shape index (κ2) is 5.78. The molecule has 3 nitrogen and oxygen atoms in total. The summed E-state index contributed by atoms with van der Waals surface area (Å²) in [7, 11) is 0. The molecule has 0 unspecified atom stereocenters. The summed E-state index contributed by atoms with van der Waals surface area (Å²) in [4.78, 5) is 12.4. The van der Waals surface area contributed by atoms with E-state index in [4.69, 9.17) is 0 Å². The first kappa shape index (κ1) is 14.1. The molecular weight excluding hydrogens is 250 g/mol. The number of carbonyl (C=O) groups excluding carboxylic acids is 1. The Balaban J connectivity index is 2.07. The van der Waals surface area contributed by atoms with E-state index in [0.717, 1.165) is 5.56 Å². The number of benzene rings is 2. The lowest BCUT2D eigenvalue weighted by Gasteiger charge is -2.24. The van der Waals surface area contributed by atoms with E-state index >= 15 is 0 Å². The predicted molar refractivity (Wildman–Crippen MR) is 79.4 cm³/mol. The van der Waals surface area contributed by atoms with E-state index < -0.39 is 5.41 Å². The maximum absolute atomic E-state index is 12.4. The molecule has 0 saturated heterocycles. The van der Waals surface area contributed by atoms with E-state index in [1.165, 1.54) is 0 Å². The average molecular weight is 269 g/mol. The van der Waals surface area contributed by atoms with Crippen LogP contribution in [0.5, 0.6) is 5.75 Å². The van der Waals surface area contributed by atoms with Gasteiger partial charge in [0.25, 0.3) is 0 Å². The molecule has 0 radical (unpaired) electrons. The number of rotatable bonds is 4. The van der Waals surface area contributed by atoms with Crippen LogP contribution in [0.15, 0.2) is 54.6 Å². The van der Waals surface area contributed by atoms with Gasteiger partial charge in [0.2, 0.25) is 5.91 Å². The highest BCUT2D eigenvalue weighted by molar-refractivity contribution is 5.87. The van der Waals surface area contributed by atoms with Gasteiger partial charge in [-0.25, -0.2) is 0 Å². The highest BCUT2D eigenvalue weighted by atomic mass is 16.3. The van der Waals surface area contributed by atoms with Crippen molar-refractivity contribution >= 4 is 5.91 Å². The van der Waals surface area contributed by atoms with E-state index in [0.29, 0.717) is 12.1 Å². The van der Waals surface area contributed by atoms with Crippen molar-refractivity contribution in [2.45, 2.75) is 25.8 Å². The van der Waals surface area contributed by atoms with Crippen LogP contribution in [0.2, 0.25) is 0 Å². The molecule has 0 aromatic heterocycles. The fourth-order valence-electron chi connectivity index (χ4n) is 2.04. The summed E-state index contributed by atoms with van der Waals surface area (Å²) in [5.74, 6) is 0.136. The van der Waals surface area contributed by atoms with Gasteiger partial charge >= 0.3 is 0 Å². The molecule has 2 N–H and O–H groups in total. The van der Waals surface area contributed by atoms with E-state index in [1.54, 1.807) is 18.2 Å². The second-order valence-corrected chi connectivity index (χ2v) is 5.30. The van der Waals surface area contributed by atoms with Gasteiger partial charge in [0.15, 0.2) is 0 Å². The molecule has 1 amide bonds. The zero-order valence-electron chi connectivity index (χ0n) is 11.8. The Morgan fingerprint density at radius 1 is 1.05 bits per heavy atom. The van der Waals surface area contributed by atoms with Gasteiger partial charge in [-0.15, -0.1) is 0 Å². The molecular formula is C17H19NO2. The third-order valence-electron chi connectivity index (χ3n) is 3.49. The topological polar surface area (TPSA) is 49.3 Å². The van der Waals surface area contributed by atoms with Crippen LogP contribution in [0.3, 0.4) is 0 Å². The fourth-order valence-corrected chi connectivity index (χ4v) is 2.04. The van der Waals surface area contributed by atoms with Crippen LogP contribution in [0.1, 0.15) is 25.0 Å². The Hall–Kier alpha value is -2.29. The molecule has 2 aromatic rings. The Bertz CT molecular complexity index is 591. The first-order valence-corrected chi connectivity index (χ1v) is 6.62. The lowest BCUT2D eigenvalue weighted by Crippen LogP contribution is -2.39. The molecule has 0 saturated carbocycles. The summed E-state index contributed by atoms with van der Waals surface area (Å²) >= 11 is 0. The molecule has 0 heterocycles. The van der Waals surface area contributed by atoms with Crippen molar-refractivity contribution in [2.24, 2.45) is 0 Å². The number of hydrogen-bond acceptors (Lipinski definition) is 2. The van der Waals surface area contributed by atoms with Crippen molar-refractivity contribution in [3.05, 3.63) is 65.7 Å². The van der Waals surface area contributed by atoms with Crippen molar-refractivity contribution in [1.82, 2.24) is 5.32 Å². The maximum atomic E-state index is 12.4. The van der Waals surface area contributed by atoms with Gasteiger partial charge in [-0.05, 0) is 25.5 Å². The van der Waals surface area contributed by atoms with Crippen molar-refractivity contribution in [3.8, 4) is 5.75 Å². The minimum Gasteiger partial charge on any atom is -0.508 e.